The van der Waals surface area contributed by atoms with Crippen molar-refractivity contribution >= 4 is 11.3 Å². The molecule has 2 N–H and O–H groups in total. The summed E-state index contributed by atoms with van der Waals surface area (Å²) in [5, 5.41) is 11.5. The molecule has 0 spiro atoms. The molecule has 4 nitrogen and oxygen atoms in total. The van der Waals surface area contributed by atoms with Crippen LogP contribution in [0.15, 0.2) is 17.5 Å². The monoisotopic (exact) mass is 217 g/mol. The number of aliphatic hydroxyl groups excluding tert-OH is 1. The molecule has 1 atom stereocenters. The SMILES string of the molecule is COCCONCC(O)c1cccs1. The highest BCUT2D eigenvalue weighted by Crippen LogP contribution is 2.17. The summed E-state index contributed by atoms with van der Waals surface area (Å²) in [4.78, 5) is 5.95. The number of ether oxygens (including phenoxy) is 1. The van der Waals surface area contributed by atoms with Crippen molar-refractivity contribution in [1.82, 2.24) is 5.48 Å². The molecule has 0 bridgehead atoms. The Labute approximate surface area is 87.4 Å². The molecule has 0 aromatic carbocycles. The van der Waals surface area contributed by atoms with Gasteiger partial charge in [0.05, 0.1) is 19.8 Å². The van der Waals surface area contributed by atoms with Crippen molar-refractivity contribution in [3.05, 3.63) is 22.4 Å². The van der Waals surface area contributed by atoms with E-state index in [2.05, 4.69) is 5.48 Å². The van der Waals surface area contributed by atoms with Crippen LogP contribution in [0, 0.1) is 0 Å². The van der Waals surface area contributed by atoms with Gasteiger partial charge in [0.1, 0.15) is 6.10 Å². The fourth-order valence-electron chi connectivity index (χ4n) is 0.916. The summed E-state index contributed by atoms with van der Waals surface area (Å²) in [6.45, 7) is 1.42. The number of hydrogen-bond donors (Lipinski definition) is 2. The minimum atomic E-state index is -0.502. The summed E-state index contributed by atoms with van der Waals surface area (Å²) in [6.07, 6.45) is -0.502. The molecule has 0 fully saturated rings. The third-order valence-electron chi connectivity index (χ3n) is 1.64. The van der Waals surface area contributed by atoms with E-state index in [0.29, 0.717) is 19.8 Å². The van der Waals surface area contributed by atoms with Gasteiger partial charge in [0.25, 0.3) is 0 Å². The Kier molecular flexibility index (Phi) is 5.74. The number of methoxy groups -OCH3 is 1. The number of hydrogen-bond acceptors (Lipinski definition) is 5. The molecule has 0 aliphatic carbocycles. The molecule has 0 saturated heterocycles. The standard InChI is InChI=1S/C9H15NO3S/c1-12-4-5-13-10-7-8(11)9-3-2-6-14-9/h2-3,6,8,10-11H,4-5,7H2,1H3. The van der Waals surface area contributed by atoms with Gasteiger partial charge in [0.15, 0.2) is 0 Å². The summed E-state index contributed by atoms with van der Waals surface area (Å²) in [5.74, 6) is 0. The second-order valence-corrected chi connectivity index (χ2v) is 3.70. The lowest BCUT2D eigenvalue weighted by Crippen LogP contribution is -2.23. The largest absolute Gasteiger partial charge is 0.386 e. The summed E-state index contributed by atoms with van der Waals surface area (Å²) < 4.78 is 4.80. The zero-order valence-corrected chi connectivity index (χ0v) is 8.92. The van der Waals surface area contributed by atoms with E-state index in [1.54, 1.807) is 7.11 Å². The van der Waals surface area contributed by atoms with Gasteiger partial charge < -0.3 is 9.84 Å². The Morgan fingerprint density at radius 1 is 1.57 bits per heavy atom. The van der Waals surface area contributed by atoms with Crippen LogP contribution < -0.4 is 5.48 Å². The van der Waals surface area contributed by atoms with Crippen LogP contribution in [-0.4, -0.2) is 32.0 Å². The molecule has 1 unspecified atom stereocenters. The topological polar surface area (TPSA) is 50.7 Å². The van der Waals surface area contributed by atoms with E-state index in [1.807, 2.05) is 17.5 Å². The van der Waals surface area contributed by atoms with Crippen molar-refractivity contribution in [3.63, 3.8) is 0 Å². The molecule has 0 amide bonds. The van der Waals surface area contributed by atoms with Gasteiger partial charge in [-0.2, -0.15) is 5.48 Å². The first-order chi connectivity index (χ1) is 6.84. The quantitative estimate of drug-likeness (QED) is 0.527. The Hall–Kier alpha value is -0.460. The van der Waals surface area contributed by atoms with E-state index in [0.717, 1.165) is 4.88 Å². The highest BCUT2D eigenvalue weighted by molar-refractivity contribution is 7.10. The van der Waals surface area contributed by atoms with Gasteiger partial charge >= 0.3 is 0 Å². The van der Waals surface area contributed by atoms with E-state index in [9.17, 15) is 5.11 Å². The molecule has 0 radical (unpaired) electrons. The number of nitrogens with one attached hydrogen (secondary N) is 1. The molecule has 1 heterocycles. The van der Waals surface area contributed by atoms with Crippen molar-refractivity contribution in [2.75, 3.05) is 26.9 Å². The summed E-state index contributed by atoms with van der Waals surface area (Å²) in [7, 11) is 1.61. The van der Waals surface area contributed by atoms with Crippen LogP contribution in [0.3, 0.4) is 0 Å². The van der Waals surface area contributed by atoms with Gasteiger partial charge in [-0.3, -0.25) is 4.84 Å². The maximum Gasteiger partial charge on any atom is 0.103 e. The van der Waals surface area contributed by atoms with E-state index >= 15 is 0 Å². The van der Waals surface area contributed by atoms with Crippen LogP contribution in [0.1, 0.15) is 11.0 Å². The first-order valence-corrected chi connectivity index (χ1v) is 5.27. The van der Waals surface area contributed by atoms with Crippen molar-refractivity contribution in [1.29, 1.82) is 0 Å². The van der Waals surface area contributed by atoms with Gasteiger partial charge in [-0.05, 0) is 11.4 Å². The zero-order chi connectivity index (χ0) is 10.2. The summed E-state index contributed by atoms with van der Waals surface area (Å²) >= 11 is 1.53. The normalized spacial score (nSPS) is 13.0. The third-order valence-corrected chi connectivity index (χ3v) is 2.61. The lowest BCUT2D eigenvalue weighted by molar-refractivity contribution is -0.0107. The molecule has 1 aromatic rings. The average molecular weight is 217 g/mol. The highest BCUT2D eigenvalue weighted by Gasteiger charge is 2.07. The Bertz CT molecular complexity index is 228. The van der Waals surface area contributed by atoms with Gasteiger partial charge in [-0.25, -0.2) is 0 Å². The Morgan fingerprint density at radius 3 is 3.07 bits per heavy atom. The minimum absolute atomic E-state index is 0.393. The number of aliphatic hydroxyl groups is 1. The van der Waals surface area contributed by atoms with Crippen LogP contribution >= 0.6 is 11.3 Å². The van der Waals surface area contributed by atoms with Crippen molar-refractivity contribution < 1.29 is 14.7 Å². The predicted molar refractivity (Wildman–Crippen MR) is 55.1 cm³/mol. The fraction of sp³-hybridized carbons (Fsp3) is 0.556. The van der Waals surface area contributed by atoms with Crippen molar-refractivity contribution in [3.8, 4) is 0 Å². The Morgan fingerprint density at radius 2 is 2.43 bits per heavy atom. The zero-order valence-electron chi connectivity index (χ0n) is 8.10. The first-order valence-electron chi connectivity index (χ1n) is 4.39. The van der Waals surface area contributed by atoms with Crippen molar-refractivity contribution in [2.45, 2.75) is 6.10 Å². The summed E-state index contributed by atoms with van der Waals surface area (Å²) in [6, 6.07) is 3.81. The van der Waals surface area contributed by atoms with Crippen LogP contribution in [0.2, 0.25) is 0 Å². The smallest absolute Gasteiger partial charge is 0.103 e. The van der Waals surface area contributed by atoms with Gasteiger partial charge in [0, 0.05) is 12.0 Å². The first kappa shape index (κ1) is 11.6. The molecule has 1 aromatic heterocycles. The maximum atomic E-state index is 9.60. The molecule has 0 aliphatic rings. The molecule has 1 rings (SSSR count). The van der Waals surface area contributed by atoms with E-state index in [4.69, 9.17) is 9.57 Å². The lowest BCUT2D eigenvalue weighted by Gasteiger charge is -2.09. The van der Waals surface area contributed by atoms with E-state index in [1.165, 1.54) is 11.3 Å². The molecule has 0 saturated carbocycles. The molecule has 80 valence electrons. The summed E-state index contributed by atoms with van der Waals surface area (Å²) in [5.41, 5.74) is 2.68. The molecular weight excluding hydrogens is 202 g/mol. The second kappa shape index (κ2) is 6.92. The minimum Gasteiger partial charge on any atom is -0.386 e. The van der Waals surface area contributed by atoms with E-state index < -0.39 is 6.10 Å². The lowest BCUT2D eigenvalue weighted by atomic mass is 10.3. The number of hydroxylamine groups is 1. The molecular formula is C9H15NO3S. The highest BCUT2D eigenvalue weighted by atomic mass is 32.1. The van der Waals surface area contributed by atoms with Gasteiger partial charge in [-0.1, -0.05) is 6.07 Å². The average Bonchev–Trinajstić information content (AvgIpc) is 2.70. The van der Waals surface area contributed by atoms with Crippen LogP contribution in [0.5, 0.6) is 0 Å². The maximum absolute atomic E-state index is 9.60. The predicted octanol–water partition coefficient (Wildman–Crippen LogP) is 0.949. The number of rotatable bonds is 7. The molecule has 5 heteroatoms. The van der Waals surface area contributed by atoms with Gasteiger partial charge in [-0.15, -0.1) is 11.3 Å². The second-order valence-electron chi connectivity index (χ2n) is 2.72. The van der Waals surface area contributed by atoms with Crippen LogP contribution in [0.25, 0.3) is 0 Å². The van der Waals surface area contributed by atoms with Crippen molar-refractivity contribution in [2.24, 2.45) is 0 Å². The third kappa shape index (κ3) is 4.17. The Balaban J connectivity index is 2.07. The fourth-order valence-corrected chi connectivity index (χ4v) is 1.63. The molecule has 14 heavy (non-hydrogen) atoms. The number of thiophene rings is 1. The van der Waals surface area contributed by atoms with E-state index in [-0.39, 0.29) is 0 Å². The van der Waals surface area contributed by atoms with Crippen LogP contribution in [0.4, 0.5) is 0 Å². The van der Waals surface area contributed by atoms with Crippen LogP contribution in [-0.2, 0) is 9.57 Å². The molecule has 0 aliphatic heterocycles. The van der Waals surface area contributed by atoms with Gasteiger partial charge in [0.2, 0.25) is 0 Å².